The van der Waals surface area contributed by atoms with Gasteiger partial charge in [0.25, 0.3) is 5.91 Å². The average molecular weight is 455 g/mol. The Morgan fingerprint density at radius 2 is 1.88 bits per heavy atom. The summed E-state index contributed by atoms with van der Waals surface area (Å²) < 4.78 is 11.6. The van der Waals surface area contributed by atoms with Gasteiger partial charge in [0, 0.05) is 22.9 Å². The lowest BCUT2D eigenvalue weighted by atomic mass is 10.1. The van der Waals surface area contributed by atoms with E-state index in [2.05, 4.69) is 27.3 Å². The van der Waals surface area contributed by atoms with E-state index in [1.165, 1.54) is 0 Å². The third-order valence-electron chi connectivity index (χ3n) is 4.65. The van der Waals surface area contributed by atoms with Crippen molar-refractivity contribution in [3.8, 4) is 17.2 Å². The van der Waals surface area contributed by atoms with Gasteiger partial charge in [0.15, 0.2) is 0 Å². The highest BCUT2D eigenvalue weighted by atomic mass is 32.2. The standard InChI is InChI=1S/C24H30N4O3S/c1-18(16-30-21-8-5-4-6-9-21)32-17-22-26-27-24(31-22)20-12-10-19(11-13-20)23(29)25-14-7-15-28(2)3/h4-6,8-13,18H,7,14-17H2,1-3H3,(H,25,29). The summed E-state index contributed by atoms with van der Waals surface area (Å²) in [5.41, 5.74) is 1.40. The Balaban J connectivity index is 1.44. The van der Waals surface area contributed by atoms with E-state index in [0.717, 1.165) is 24.3 Å². The predicted octanol–water partition coefficient (Wildman–Crippen LogP) is 4.12. The second-order valence-corrected chi connectivity index (χ2v) is 9.16. The van der Waals surface area contributed by atoms with Crippen LogP contribution in [0.3, 0.4) is 0 Å². The van der Waals surface area contributed by atoms with Gasteiger partial charge in [-0.2, -0.15) is 0 Å². The number of amides is 1. The molecule has 1 amide bonds. The molecule has 0 aliphatic rings. The van der Waals surface area contributed by atoms with Crippen molar-refractivity contribution >= 4 is 17.7 Å². The van der Waals surface area contributed by atoms with E-state index >= 15 is 0 Å². The molecule has 0 saturated carbocycles. The summed E-state index contributed by atoms with van der Waals surface area (Å²) in [6.07, 6.45) is 0.913. The maximum atomic E-state index is 12.2. The first kappa shape index (κ1) is 23.8. The number of hydrogen-bond donors (Lipinski definition) is 1. The fraction of sp³-hybridized carbons (Fsp3) is 0.375. The van der Waals surface area contributed by atoms with Gasteiger partial charge in [-0.15, -0.1) is 22.0 Å². The molecule has 0 bridgehead atoms. The Bertz CT molecular complexity index is 961. The minimum absolute atomic E-state index is 0.0790. The monoisotopic (exact) mass is 454 g/mol. The molecule has 1 N–H and O–H groups in total. The summed E-state index contributed by atoms with van der Waals surface area (Å²) in [6.45, 7) is 4.30. The Hall–Kier alpha value is -2.84. The second kappa shape index (κ2) is 12.3. The molecule has 2 aromatic carbocycles. The van der Waals surface area contributed by atoms with Gasteiger partial charge in [0.2, 0.25) is 11.8 Å². The van der Waals surface area contributed by atoms with E-state index in [0.29, 0.717) is 36.2 Å². The molecule has 0 aliphatic carbocycles. The van der Waals surface area contributed by atoms with E-state index in [4.69, 9.17) is 9.15 Å². The number of ether oxygens (including phenoxy) is 1. The zero-order valence-electron chi connectivity index (χ0n) is 18.8. The van der Waals surface area contributed by atoms with Gasteiger partial charge in [-0.05, 0) is 70.4 Å². The molecule has 0 radical (unpaired) electrons. The van der Waals surface area contributed by atoms with Gasteiger partial charge in [-0.1, -0.05) is 18.2 Å². The first-order valence-electron chi connectivity index (χ1n) is 10.7. The summed E-state index contributed by atoms with van der Waals surface area (Å²) in [4.78, 5) is 14.3. The Morgan fingerprint density at radius 1 is 1.12 bits per heavy atom. The van der Waals surface area contributed by atoms with Gasteiger partial charge in [-0.25, -0.2) is 0 Å². The summed E-state index contributed by atoms with van der Waals surface area (Å²) in [6, 6.07) is 17.0. The molecule has 3 rings (SSSR count). The smallest absolute Gasteiger partial charge is 0.251 e. The summed E-state index contributed by atoms with van der Waals surface area (Å²) in [5, 5.41) is 11.5. The van der Waals surface area contributed by atoms with Crippen LogP contribution in [0.4, 0.5) is 0 Å². The highest BCUT2D eigenvalue weighted by Crippen LogP contribution is 2.23. The van der Waals surface area contributed by atoms with Crippen LogP contribution in [-0.2, 0) is 5.75 Å². The van der Waals surface area contributed by atoms with Crippen molar-refractivity contribution in [1.82, 2.24) is 20.4 Å². The third-order valence-corrected chi connectivity index (χ3v) is 5.77. The first-order valence-corrected chi connectivity index (χ1v) is 11.7. The number of para-hydroxylation sites is 1. The molecule has 8 heteroatoms. The summed E-state index contributed by atoms with van der Waals surface area (Å²) in [5.74, 6) is 2.42. The van der Waals surface area contributed by atoms with Gasteiger partial charge in [-0.3, -0.25) is 4.79 Å². The zero-order valence-corrected chi connectivity index (χ0v) is 19.6. The van der Waals surface area contributed by atoms with E-state index in [1.54, 1.807) is 23.9 Å². The maximum Gasteiger partial charge on any atom is 0.251 e. The molecular weight excluding hydrogens is 424 g/mol. The lowest BCUT2D eigenvalue weighted by Gasteiger charge is -2.11. The van der Waals surface area contributed by atoms with Crippen LogP contribution in [0.5, 0.6) is 5.75 Å². The van der Waals surface area contributed by atoms with Crippen molar-refractivity contribution in [2.24, 2.45) is 0 Å². The van der Waals surface area contributed by atoms with E-state index in [1.807, 2.05) is 56.6 Å². The van der Waals surface area contributed by atoms with Crippen molar-refractivity contribution in [2.75, 3.05) is 33.8 Å². The van der Waals surface area contributed by atoms with Crippen LogP contribution in [0.1, 0.15) is 29.6 Å². The Morgan fingerprint density at radius 3 is 2.59 bits per heavy atom. The fourth-order valence-corrected chi connectivity index (χ4v) is 3.59. The molecule has 1 aromatic heterocycles. The topological polar surface area (TPSA) is 80.5 Å². The molecule has 0 spiro atoms. The van der Waals surface area contributed by atoms with Crippen LogP contribution < -0.4 is 10.1 Å². The number of rotatable bonds is 12. The lowest BCUT2D eigenvalue weighted by molar-refractivity contribution is 0.0952. The fourth-order valence-electron chi connectivity index (χ4n) is 2.88. The van der Waals surface area contributed by atoms with Crippen molar-refractivity contribution in [3.63, 3.8) is 0 Å². The van der Waals surface area contributed by atoms with Crippen LogP contribution >= 0.6 is 11.8 Å². The highest BCUT2D eigenvalue weighted by Gasteiger charge is 2.12. The molecule has 0 aliphatic heterocycles. The quantitative estimate of drug-likeness (QED) is 0.412. The van der Waals surface area contributed by atoms with E-state index in [9.17, 15) is 4.79 Å². The SMILES string of the molecule is CC(COc1ccccc1)SCc1nnc(-c2ccc(C(=O)NCCCN(C)C)cc2)o1. The van der Waals surface area contributed by atoms with E-state index in [-0.39, 0.29) is 11.2 Å². The largest absolute Gasteiger partial charge is 0.492 e. The van der Waals surface area contributed by atoms with E-state index < -0.39 is 0 Å². The number of nitrogens with one attached hydrogen (secondary N) is 1. The number of aromatic nitrogens is 2. The number of carbonyl (C=O) groups excluding carboxylic acids is 1. The molecule has 1 heterocycles. The molecule has 0 saturated heterocycles. The highest BCUT2D eigenvalue weighted by molar-refractivity contribution is 7.99. The van der Waals surface area contributed by atoms with Crippen LogP contribution in [-0.4, -0.2) is 60.0 Å². The molecule has 1 atom stereocenters. The van der Waals surface area contributed by atoms with Crippen molar-refractivity contribution < 1.29 is 13.9 Å². The average Bonchev–Trinajstić information content (AvgIpc) is 3.29. The minimum Gasteiger partial charge on any atom is -0.492 e. The normalized spacial score (nSPS) is 12.0. The number of nitrogens with zero attached hydrogens (tertiary/aromatic N) is 3. The van der Waals surface area contributed by atoms with Crippen molar-refractivity contribution in [3.05, 3.63) is 66.1 Å². The molecular formula is C24H30N4O3S. The third kappa shape index (κ3) is 7.69. The molecule has 7 nitrogen and oxygen atoms in total. The molecule has 3 aromatic rings. The van der Waals surface area contributed by atoms with Crippen LogP contribution in [0.15, 0.2) is 59.0 Å². The van der Waals surface area contributed by atoms with Gasteiger partial charge in [0.05, 0.1) is 12.4 Å². The number of carbonyl (C=O) groups is 1. The minimum atomic E-state index is -0.0790. The first-order chi connectivity index (χ1) is 15.5. The van der Waals surface area contributed by atoms with Crippen LogP contribution in [0.2, 0.25) is 0 Å². The molecule has 0 fully saturated rings. The number of thioether (sulfide) groups is 1. The Labute approximate surface area is 193 Å². The maximum absolute atomic E-state index is 12.2. The summed E-state index contributed by atoms with van der Waals surface area (Å²) in [7, 11) is 4.03. The zero-order chi connectivity index (χ0) is 22.8. The predicted molar refractivity (Wildman–Crippen MR) is 128 cm³/mol. The second-order valence-electron chi connectivity index (χ2n) is 7.74. The summed E-state index contributed by atoms with van der Waals surface area (Å²) >= 11 is 1.70. The number of hydrogen-bond acceptors (Lipinski definition) is 7. The molecule has 170 valence electrons. The molecule has 1 unspecified atom stereocenters. The van der Waals surface area contributed by atoms with Crippen LogP contribution in [0, 0.1) is 0 Å². The molecule has 32 heavy (non-hydrogen) atoms. The van der Waals surface area contributed by atoms with Crippen molar-refractivity contribution in [1.29, 1.82) is 0 Å². The van der Waals surface area contributed by atoms with Gasteiger partial charge in [0.1, 0.15) is 5.75 Å². The van der Waals surface area contributed by atoms with Crippen LogP contribution in [0.25, 0.3) is 11.5 Å². The van der Waals surface area contributed by atoms with Gasteiger partial charge < -0.3 is 19.4 Å². The Kier molecular flexibility index (Phi) is 9.13. The van der Waals surface area contributed by atoms with Crippen molar-refractivity contribution in [2.45, 2.75) is 24.3 Å². The van der Waals surface area contributed by atoms with Gasteiger partial charge >= 0.3 is 0 Å². The lowest BCUT2D eigenvalue weighted by Crippen LogP contribution is -2.27. The number of benzene rings is 2.